The Morgan fingerprint density at radius 3 is 2.81 bits per heavy atom. The predicted molar refractivity (Wildman–Crippen MR) is 98.6 cm³/mol. The largest absolute Gasteiger partial charge is 0.469 e. The number of esters is 1. The van der Waals surface area contributed by atoms with Gasteiger partial charge in [-0.05, 0) is 25.7 Å². The number of carbonyl (C=O) groups is 3. The molecule has 0 bridgehead atoms. The molecule has 1 fully saturated rings. The van der Waals surface area contributed by atoms with Crippen LogP contribution in [0.2, 0.25) is 0 Å². The molecule has 1 saturated heterocycles. The van der Waals surface area contributed by atoms with Crippen molar-refractivity contribution < 1.29 is 23.9 Å². The first-order valence-electron chi connectivity index (χ1n) is 9.50. The van der Waals surface area contributed by atoms with Gasteiger partial charge in [-0.15, -0.1) is 0 Å². The molecule has 1 heterocycles. The van der Waals surface area contributed by atoms with Gasteiger partial charge >= 0.3 is 12.1 Å². The highest BCUT2D eigenvalue weighted by Gasteiger charge is 2.30. The van der Waals surface area contributed by atoms with Gasteiger partial charge in [-0.25, -0.2) is 4.79 Å². The molecule has 1 N–H and O–H groups in total. The molecule has 148 valence electrons. The van der Waals surface area contributed by atoms with Gasteiger partial charge in [-0.3, -0.25) is 9.59 Å². The summed E-state index contributed by atoms with van der Waals surface area (Å²) in [6.45, 7) is 3.45. The van der Waals surface area contributed by atoms with Crippen LogP contribution in [0.3, 0.4) is 0 Å². The van der Waals surface area contributed by atoms with Crippen LogP contribution < -0.4 is 5.32 Å². The fourth-order valence-corrected chi connectivity index (χ4v) is 2.78. The molecule has 1 aliphatic heterocycles. The minimum absolute atomic E-state index is 0.0661. The Bertz CT molecular complexity index is 479. The van der Waals surface area contributed by atoms with Crippen molar-refractivity contribution in [1.29, 1.82) is 0 Å². The van der Waals surface area contributed by atoms with Gasteiger partial charge in [0.05, 0.1) is 13.2 Å². The van der Waals surface area contributed by atoms with E-state index in [9.17, 15) is 14.4 Å². The van der Waals surface area contributed by atoms with Crippen molar-refractivity contribution in [2.45, 2.75) is 64.3 Å². The molecule has 0 unspecified atom stereocenters. The molecule has 2 amide bonds. The van der Waals surface area contributed by atoms with Crippen LogP contribution in [0.25, 0.3) is 0 Å². The van der Waals surface area contributed by atoms with Crippen molar-refractivity contribution in [2.75, 3.05) is 26.8 Å². The van der Waals surface area contributed by atoms with Crippen LogP contribution in [0.15, 0.2) is 12.2 Å². The highest BCUT2D eigenvalue weighted by Crippen LogP contribution is 2.19. The third-order valence-corrected chi connectivity index (χ3v) is 4.36. The summed E-state index contributed by atoms with van der Waals surface area (Å²) < 4.78 is 9.84. The zero-order valence-electron chi connectivity index (χ0n) is 16.0. The van der Waals surface area contributed by atoms with Gasteiger partial charge in [0.2, 0.25) is 5.91 Å². The van der Waals surface area contributed by atoms with E-state index in [1.807, 2.05) is 12.2 Å². The number of nitrogens with zero attached hydrogens (tertiary/aromatic N) is 1. The first-order valence-corrected chi connectivity index (χ1v) is 9.50. The molecule has 26 heavy (non-hydrogen) atoms. The van der Waals surface area contributed by atoms with Crippen LogP contribution in [-0.4, -0.2) is 55.7 Å². The summed E-state index contributed by atoms with van der Waals surface area (Å²) >= 11 is 0. The van der Waals surface area contributed by atoms with E-state index in [2.05, 4.69) is 17.0 Å². The van der Waals surface area contributed by atoms with Gasteiger partial charge in [0.25, 0.3) is 0 Å². The highest BCUT2D eigenvalue weighted by atomic mass is 16.5. The van der Waals surface area contributed by atoms with Gasteiger partial charge in [-0.1, -0.05) is 31.9 Å². The normalized spacial score (nSPS) is 16.9. The number of allylic oxidation sites excluding steroid dienone is 1. The summed E-state index contributed by atoms with van der Waals surface area (Å²) in [5.74, 6) is -0.125. The highest BCUT2D eigenvalue weighted by molar-refractivity contribution is 5.79. The van der Waals surface area contributed by atoms with Gasteiger partial charge < -0.3 is 19.7 Å². The van der Waals surface area contributed by atoms with Gasteiger partial charge in [0.15, 0.2) is 0 Å². The Kier molecular flexibility index (Phi) is 11.2. The summed E-state index contributed by atoms with van der Waals surface area (Å²) in [5, 5.41) is 2.73. The molecule has 1 rings (SSSR count). The van der Waals surface area contributed by atoms with E-state index in [4.69, 9.17) is 4.74 Å². The molecule has 7 nitrogen and oxygen atoms in total. The Labute approximate surface area is 156 Å². The standard InChI is InChI=1S/C19H32N2O5/c1-3-4-8-13-20-19(24)26-15-16-11-12-17(22)21(16)14-9-6-5-7-10-18(23)25-2/h6,9,16H,3-5,7-8,10-15H2,1-2H3,(H,20,24)/b9-6-/t16-/m1/s1. The number of likely N-dealkylation sites (tertiary alicyclic amines) is 1. The molecular formula is C19H32N2O5. The molecule has 1 atom stereocenters. The molecule has 1 aliphatic rings. The van der Waals surface area contributed by atoms with E-state index in [0.29, 0.717) is 32.4 Å². The molecule has 0 aromatic carbocycles. The fourth-order valence-electron chi connectivity index (χ4n) is 2.78. The summed E-state index contributed by atoms with van der Waals surface area (Å²) in [6, 6.07) is -0.0661. The van der Waals surface area contributed by atoms with Crippen molar-refractivity contribution in [1.82, 2.24) is 10.2 Å². The number of hydrogen-bond acceptors (Lipinski definition) is 5. The molecule has 0 spiro atoms. The van der Waals surface area contributed by atoms with Crippen molar-refractivity contribution in [2.24, 2.45) is 0 Å². The topological polar surface area (TPSA) is 84.9 Å². The molecule has 7 heteroatoms. The van der Waals surface area contributed by atoms with E-state index in [0.717, 1.165) is 32.1 Å². The summed E-state index contributed by atoms with van der Waals surface area (Å²) in [6.07, 6.45) is 9.68. The van der Waals surface area contributed by atoms with E-state index in [1.54, 1.807) is 4.90 Å². The summed E-state index contributed by atoms with van der Waals surface area (Å²) in [5.41, 5.74) is 0. The summed E-state index contributed by atoms with van der Waals surface area (Å²) in [7, 11) is 1.38. The minimum atomic E-state index is -0.418. The lowest BCUT2D eigenvalue weighted by Gasteiger charge is -2.23. The Hall–Kier alpha value is -2.05. The third-order valence-electron chi connectivity index (χ3n) is 4.36. The maximum Gasteiger partial charge on any atom is 0.407 e. The van der Waals surface area contributed by atoms with Crippen LogP contribution >= 0.6 is 0 Å². The second-order valence-electron chi connectivity index (χ2n) is 6.41. The average molecular weight is 368 g/mol. The number of rotatable bonds is 12. The maximum absolute atomic E-state index is 12.0. The second kappa shape index (κ2) is 13.2. The van der Waals surface area contributed by atoms with E-state index in [-0.39, 0.29) is 24.5 Å². The SMILES string of the molecule is CCCCCNC(=O)OC[C@H]1CCC(=O)N1C/C=C\CCCC(=O)OC. The molecule has 0 aromatic rings. The predicted octanol–water partition coefficient (Wildman–Crippen LogP) is 2.79. The van der Waals surface area contributed by atoms with Crippen molar-refractivity contribution >= 4 is 18.0 Å². The van der Waals surface area contributed by atoms with Gasteiger partial charge in [0, 0.05) is 25.9 Å². The lowest BCUT2D eigenvalue weighted by Crippen LogP contribution is -2.38. The summed E-state index contributed by atoms with van der Waals surface area (Å²) in [4.78, 5) is 36.4. The fraction of sp³-hybridized carbons (Fsp3) is 0.737. The molecule has 0 aliphatic carbocycles. The van der Waals surface area contributed by atoms with E-state index in [1.165, 1.54) is 7.11 Å². The average Bonchev–Trinajstić information content (AvgIpc) is 2.99. The maximum atomic E-state index is 12.0. The zero-order chi connectivity index (χ0) is 19.2. The molecule has 0 aromatic heterocycles. The van der Waals surface area contributed by atoms with E-state index >= 15 is 0 Å². The zero-order valence-corrected chi connectivity index (χ0v) is 16.0. The van der Waals surface area contributed by atoms with Crippen LogP contribution in [0, 0.1) is 0 Å². The number of amides is 2. The van der Waals surface area contributed by atoms with Crippen molar-refractivity contribution in [3.8, 4) is 0 Å². The number of methoxy groups -OCH3 is 1. The minimum Gasteiger partial charge on any atom is -0.469 e. The molecule has 0 radical (unpaired) electrons. The van der Waals surface area contributed by atoms with E-state index < -0.39 is 6.09 Å². The number of alkyl carbamates (subject to hydrolysis) is 1. The quantitative estimate of drug-likeness (QED) is 0.325. The number of nitrogens with one attached hydrogen (secondary N) is 1. The van der Waals surface area contributed by atoms with Crippen LogP contribution in [0.4, 0.5) is 4.79 Å². The Balaban J connectivity index is 2.25. The number of hydrogen-bond donors (Lipinski definition) is 1. The lowest BCUT2D eigenvalue weighted by molar-refractivity contribution is -0.140. The first-order chi connectivity index (χ1) is 12.6. The first kappa shape index (κ1) is 22.0. The Morgan fingerprint density at radius 1 is 1.27 bits per heavy atom. The van der Waals surface area contributed by atoms with Crippen LogP contribution in [-0.2, 0) is 19.1 Å². The number of ether oxygens (including phenoxy) is 2. The smallest absolute Gasteiger partial charge is 0.407 e. The monoisotopic (exact) mass is 368 g/mol. The molecular weight excluding hydrogens is 336 g/mol. The lowest BCUT2D eigenvalue weighted by atomic mass is 10.2. The third kappa shape index (κ3) is 8.87. The van der Waals surface area contributed by atoms with Crippen LogP contribution in [0.1, 0.15) is 58.3 Å². The second-order valence-corrected chi connectivity index (χ2v) is 6.41. The number of unbranched alkanes of at least 4 members (excludes halogenated alkanes) is 3. The van der Waals surface area contributed by atoms with Crippen LogP contribution in [0.5, 0.6) is 0 Å². The van der Waals surface area contributed by atoms with Crippen molar-refractivity contribution in [3.05, 3.63) is 12.2 Å². The Morgan fingerprint density at radius 2 is 2.08 bits per heavy atom. The number of carbonyl (C=O) groups excluding carboxylic acids is 3. The van der Waals surface area contributed by atoms with Crippen molar-refractivity contribution in [3.63, 3.8) is 0 Å². The van der Waals surface area contributed by atoms with Gasteiger partial charge in [-0.2, -0.15) is 0 Å². The van der Waals surface area contributed by atoms with Gasteiger partial charge in [0.1, 0.15) is 6.61 Å². The molecule has 0 saturated carbocycles.